The minimum Gasteiger partial charge on any atom is -0.350 e. The van der Waals surface area contributed by atoms with E-state index in [9.17, 15) is 0 Å². The molecule has 16 heavy (non-hydrogen) atoms. The first-order valence-electron chi connectivity index (χ1n) is 4.85. The smallest absolute Gasteiger partial charge is 0.222 e. The van der Waals surface area contributed by atoms with Crippen molar-refractivity contribution in [1.29, 1.82) is 0 Å². The zero-order valence-electron chi connectivity index (χ0n) is 9.11. The Bertz CT molecular complexity index is 476. The maximum Gasteiger partial charge on any atom is 0.222 e. The van der Waals surface area contributed by atoms with Gasteiger partial charge in [-0.2, -0.15) is 5.10 Å². The van der Waals surface area contributed by atoms with Crippen molar-refractivity contribution in [2.24, 2.45) is 7.05 Å². The fraction of sp³-hybridized carbons (Fsp3) is 0.300. The largest absolute Gasteiger partial charge is 0.350 e. The van der Waals surface area contributed by atoms with Crippen molar-refractivity contribution in [3.63, 3.8) is 0 Å². The SMILES string of the molecule is Cc1nn(C)cc1CNc1ncc(I)cn1. The van der Waals surface area contributed by atoms with Crippen LogP contribution in [-0.2, 0) is 13.6 Å². The molecule has 0 spiro atoms. The van der Waals surface area contributed by atoms with Gasteiger partial charge in [0.25, 0.3) is 0 Å². The lowest BCUT2D eigenvalue weighted by atomic mass is 10.3. The number of aromatic nitrogens is 4. The molecule has 84 valence electrons. The molecule has 2 aromatic rings. The molecule has 0 aliphatic carbocycles. The molecule has 6 heteroatoms. The summed E-state index contributed by atoms with van der Waals surface area (Å²) in [6.45, 7) is 2.69. The van der Waals surface area contributed by atoms with E-state index in [4.69, 9.17) is 0 Å². The van der Waals surface area contributed by atoms with Gasteiger partial charge < -0.3 is 5.32 Å². The molecule has 2 aromatic heterocycles. The van der Waals surface area contributed by atoms with Crippen molar-refractivity contribution < 1.29 is 0 Å². The third-order valence-electron chi connectivity index (χ3n) is 2.17. The molecule has 0 saturated heterocycles. The summed E-state index contributed by atoms with van der Waals surface area (Å²) in [6, 6.07) is 0. The van der Waals surface area contributed by atoms with Crippen LogP contribution in [-0.4, -0.2) is 19.7 Å². The summed E-state index contributed by atoms with van der Waals surface area (Å²) < 4.78 is 2.84. The molecule has 2 rings (SSSR count). The minimum absolute atomic E-state index is 0.642. The van der Waals surface area contributed by atoms with Crippen molar-refractivity contribution in [1.82, 2.24) is 19.7 Å². The Kier molecular flexibility index (Phi) is 3.37. The average Bonchev–Trinajstić information content (AvgIpc) is 2.57. The van der Waals surface area contributed by atoms with Gasteiger partial charge in [-0.25, -0.2) is 9.97 Å². The first kappa shape index (κ1) is 11.3. The number of anilines is 1. The second-order valence-corrected chi connectivity index (χ2v) is 4.74. The number of hydrogen-bond acceptors (Lipinski definition) is 4. The van der Waals surface area contributed by atoms with Crippen molar-refractivity contribution in [2.45, 2.75) is 13.5 Å². The van der Waals surface area contributed by atoms with E-state index in [2.05, 4.69) is 43.0 Å². The van der Waals surface area contributed by atoms with Gasteiger partial charge in [-0.1, -0.05) is 0 Å². The average molecular weight is 329 g/mol. The molecule has 5 nitrogen and oxygen atoms in total. The molecule has 0 saturated carbocycles. The summed E-state index contributed by atoms with van der Waals surface area (Å²) in [7, 11) is 1.91. The molecule has 0 amide bonds. The number of halogens is 1. The highest BCUT2D eigenvalue weighted by Crippen LogP contribution is 2.08. The first-order chi connectivity index (χ1) is 7.65. The highest BCUT2D eigenvalue weighted by atomic mass is 127. The molecule has 0 atom stereocenters. The lowest BCUT2D eigenvalue weighted by Crippen LogP contribution is -2.03. The van der Waals surface area contributed by atoms with Crippen LogP contribution in [0.2, 0.25) is 0 Å². The van der Waals surface area contributed by atoms with Crippen LogP contribution in [0.4, 0.5) is 5.95 Å². The Morgan fingerprint density at radius 2 is 2.06 bits per heavy atom. The third kappa shape index (κ3) is 2.69. The van der Waals surface area contributed by atoms with Crippen LogP contribution in [0.3, 0.4) is 0 Å². The van der Waals surface area contributed by atoms with Crippen LogP contribution in [0.5, 0.6) is 0 Å². The van der Waals surface area contributed by atoms with Crippen LogP contribution in [0.15, 0.2) is 18.6 Å². The van der Waals surface area contributed by atoms with Crippen molar-refractivity contribution in [2.75, 3.05) is 5.32 Å². The Labute approximate surface area is 107 Å². The predicted molar refractivity (Wildman–Crippen MR) is 70.0 cm³/mol. The molecule has 0 aromatic carbocycles. The van der Waals surface area contributed by atoms with E-state index in [-0.39, 0.29) is 0 Å². The van der Waals surface area contributed by atoms with E-state index in [1.54, 1.807) is 17.1 Å². The number of nitrogens with one attached hydrogen (secondary N) is 1. The van der Waals surface area contributed by atoms with E-state index < -0.39 is 0 Å². The van der Waals surface area contributed by atoms with E-state index >= 15 is 0 Å². The van der Waals surface area contributed by atoms with Gasteiger partial charge in [0.15, 0.2) is 0 Å². The molecule has 0 aliphatic rings. The topological polar surface area (TPSA) is 55.6 Å². The normalized spacial score (nSPS) is 10.4. The summed E-state index contributed by atoms with van der Waals surface area (Å²) in [5.41, 5.74) is 2.19. The van der Waals surface area contributed by atoms with E-state index in [0.717, 1.165) is 14.8 Å². The molecule has 0 radical (unpaired) electrons. The van der Waals surface area contributed by atoms with Gasteiger partial charge in [0.05, 0.1) is 5.69 Å². The summed E-state index contributed by atoms with van der Waals surface area (Å²) in [5.74, 6) is 0.642. The summed E-state index contributed by atoms with van der Waals surface area (Å²) in [6.07, 6.45) is 5.56. The predicted octanol–water partition coefficient (Wildman–Crippen LogP) is 1.74. The van der Waals surface area contributed by atoms with E-state index in [1.807, 2.05) is 20.2 Å². The summed E-state index contributed by atoms with van der Waals surface area (Å²) in [4.78, 5) is 8.35. The molecular formula is C10H12IN5. The third-order valence-corrected chi connectivity index (χ3v) is 2.73. The van der Waals surface area contributed by atoms with Gasteiger partial charge in [0.1, 0.15) is 0 Å². The summed E-state index contributed by atoms with van der Waals surface area (Å²) in [5, 5.41) is 7.44. The lowest BCUT2D eigenvalue weighted by molar-refractivity contribution is 0.756. The second kappa shape index (κ2) is 4.77. The van der Waals surface area contributed by atoms with Crippen LogP contribution in [0.1, 0.15) is 11.3 Å². The zero-order valence-corrected chi connectivity index (χ0v) is 11.3. The van der Waals surface area contributed by atoms with Gasteiger partial charge in [-0.05, 0) is 29.5 Å². The standard InChI is InChI=1S/C10H12IN5/c1-7-8(6-16(2)15-7)3-12-10-13-4-9(11)5-14-10/h4-6H,3H2,1-2H3,(H,12,13,14). The lowest BCUT2D eigenvalue weighted by Gasteiger charge is -2.02. The number of rotatable bonds is 3. The van der Waals surface area contributed by atoms with Crippen LogP contribution in [0.25, 0.3) is 0 Å². The van der Waals surface area contributed by atoms with Crippen LogP contribution in [0, 0.1) is 10.5 Å². The second-order valence-electron chi connectivity index (χ2n) is 3.49. The maximum absolute atomic E-state index is 4.27. The Morgan fingerprint density at radius 3 is 2.62 bits per heavy atom. The Balaban J connectivity index is 2.02. The Morgan fingerprint density at radius 1 is 1.38 bits per heavy atom. The number of nitrogens with zero attached hydrogens (tertiary/aromatic N) is 4. The van der Waals surface area contributed by atoms with E-state index in [0.29, 0.717) is 12.5 Å². The monoisotopic (exact) mass is 329 g/mol. The summed E-state index contributed by atoms with van der Waals surface area (Å²) >= 11 is 2.18. The molecule has 0 bridgehead atoms. The van der Waals surface area contributed by atoms with Crippen molar-refractivity contribution in [3.8, 4) is 0 Å². The van der Waals surface area contributed by atoms with E-state index in [1.165, 1.54) is 0 Å². The van der Waals surface area contributed by atoms with Gasteiger partial charge in [0.2, 0.25) is 5.95 Å². The quantitative estimate of drug-likeness (QED) is 0.872. The van der Waals surface area contributed by atoms with Crippen LogP contribution >= 0.6 is 22.6 Å². The van der Waals surface area contributed by atoms with Crippen molar-refractivity contribution >= 4 is 28.5 Å². The van der Waals surface area contributed by atoms with Gasteiger partial charge in [-0.3, -0.25) is 4.68 Å². The van der Waals surface area contributed by atoms with Crippen LogP contribution < -0.4 is 5.32 Å². The number of aryl methyl sites for hydroxylation is 2. The molecule has 0 aliphatic heterocycles. The van der Waals surface area contributed by atoms with Gasteiger partial charge in [-0.15, -0.1) is 0 Å². The molecule has 0 unspecified atom stereocenters. The molecule has 0 fully saturated rings. The minimum atomic E-state index is 0.642. The van der Waals surface area contributed by atoms with Crippen molar-refractivity contribution in [3.05, 3.63) is 33.4 Å². The zero-order chi connectivity index (χ0) is 11.5. The van der Waals surface area contributed by atoms with Gasteiger partial charge in [0, 0.05) is 41.3 Å². The number of hydrogen-bond donors (Lipinski definition) is 1. The molecular weight excluding hydrogens is 317 g/mol. The maximum atomic E-state index is 4.27. The highest BCUT2D eigenvalue weighted by molar-refractivity contribution is 14.1. The highest BCUT2D eigenvalue weighted by Gasteiger charge is 2.03. The first-order valence-corrected chi connectivity index (χ1v) is 5.93. The fourth-order valence-electron chi connectivity index (χ4n) is 1.40. The molecule has 1 N–H and O–H groups in total. The molecule has 2 heterocycles. The Hall–Kier alpha value is -1.18. The van der Waals surface area contributed by atoms with Gasteiger partial charge >= 0.3 is 0 Å². The fourth-order valence-corrected chi connectivity index (χ4v) is 1.68.